The number of hydrogen-bond donors (Lipinski definition) is 0. The van der Waals surface area contributed by atoms with Crippen LogP contribution < -0.4 is 0 Å². The van der Waals surface area contributed by atoms with Gasteiger partial charge in [-0.3, -0.25) is 0 Å². The van der Waals surface area contributed by atoms with E-state index >= 15 is 0 Å². The number of benzene rings is 1. The smallest absolute Gasteiger partial charge is 0.371 e. The summed E-state index contributed by atoms with van der Waals surface area (Å²) in [6.07, 6.45) is 3.64. The average Bonchev–Trinajstić information content (AvgIpc) is 2.48. The van der Waals surface area contributed by atoms with Gasteiger partial charge in [-0.25, -0.2) is 8.78 Å². The van der Waals surface area contributed by atoms with Gasteiger partial charge in [0.15, 0.2) is 11.6 Å². The van der Waals surface area contributed by atoms with Crippen LogP contribution in [-0.2, 0) is 19.7 Å². The van der Waals surface area contributed by atoms with Crippen LogP contribution in [0.3, 0.4) is 0 Å². The number of hydrogen-bond acceptors (Lipinski definition) is 3. The molecule has 0 unspecified atom stereocenters. The first-order valence-electron chi connectivity index (χ1n) is 9.61. The van der Waals surface area contributed by atoms with Crippen LogP contribution in [0.15, 0.2) is 18.2 Å². The van der Waals surface area contributed by atoms with Gasteiger partial charge in [0.1, 0.15) is 0 Å². The van der Waals surface area contributed by atoms with E-state index in [9.17, 15) is 8.78 Å². The number of halogens is 2. The summed E-state index contributed by atoms with van der Waals surface area (Å²) in [6, 6.07) is 4.87. The zero-order valence-corrected chi connectivity index (χ0v) is 18.0. The lowest BCUT2D eigenvalue weighted by Gasteiger charge is -2.34. The third kappa shape index (κ3) is 8.71. The highest BCUT2D eigenvalue weighted by Gasteiger charge is 2.43. The standard InChI is InChI=1S/C20H34F2O3Si/c1-15(2)23-26(24-16(3)4,25-17(5)6)13-9-7-8-10-18-11-12-19(21)20(22)14-18/h11-12,14-17H,7-10,13H2,1-6H3. The van der Waals surface area contributed by atoms with Crippen molar-refractivity contribution in [1.82, 2.24) is 0 Å². The molecule has 1 rings (SSSR count). The van der Waals surface area contributed by atoms with E-state index in [0.29, 0.717) is 0 Å². The second-order valence-electron chi connectivity index (χ2n) is 7.49. The summed E-state index contributed by atoms with van der Waals surface area (Å²) in [5.41, 5.74) is 0.822. The summed E-state index contributed by atoms with van der Waals surface area (Å²) in [5.74, 6) is -1.58. The van der Waals surface area contributed by atoms with Crippen LogP contribution in [0, 0.1) is 11.6 Å². The summed E-state index contributed by atoms with van der Waals surface area (Å²) in [4.78, 5) is 0. The Bertz CT molecular complexity index is 509. The predicted octanol–water partition coefficient (Wildman–Crippen LogP) is 5.89. The highest BCUT2D eigenvalue weighted by Crippen LogP contribution is 2.25. The molecule has 0 fully saturated rings. The quantitative estimate of drug-likeness (QED) is 0.330. The van der Waals surface area contributed by atoms with Crippen molar-refractivity contribution in [1.29, 1.82) is 0 Å². The Labute approximate surface area is 158 Å². The predicted molar refractivity (Wildman–Crippen MR) is 103 cm³/mol. The van der Waals surface area contributed by atoms with E-state index in [1.165, 1.54) is 12.1 Å². The van der Waals surface area contributed by atoms with Gasteiger partial charge in [-0.05, 0) is 78.5 Å². The molecular weight excluding hydrogens is 354 g/mol. The van der Waals surface area contributed by atoms with E-state index in [2.05, 4.69) is 0 Å². The Morgan fingerprint density at radius 2 is 1.31 bits per heavy atom. The van der Waals surface area contributed by atoms with Crippen molar-refractivity contribution in [3.05, 3.63) is 35.4 Å². The maximum Gasteiger partial charge on any atom is 0.501 e. The fourth-order valence-electron chi connectivity index (χ4n) is 2.88. The molecule has 0 aliphatic rings. The largest absolute Gasteiger partial charge is 0.501 e. The maximum absolute atomic E-state index is 13.3. The van der Waals surface area contributed by atoms with Gasteiger partial charge >= 0.3 is 8.80 Å². The Morgan fingerprint density at radius 1 is 0.769 bits per heavy atom. The van der Waals surface area contributed by atoms with Gasteiger partial charge in [0, 0.05) is 24.4 Å². The monoisotopic (exact) mass is 388 g/mol. The molecule has 0 aliphatic heterocycles. The normalized spacial score (nSPS) is 12.6. The molecule has 150 valence electrons. The van der Waals surface area contributed by atoms with E-state index in [-0.39, 0.29) is 18.3 Å². The number of aryl methyl sites for hydroxylation is 1. The summed E-state index contributed by atoms with van der Waals surface area (Å²) < 4.78 is 44.7. The Kier molecular flexibility index (Phi) is 9.93. The van der Waals surface area contributed by atoms with Crippen LogP contribution >= 0.6 is 0 Å². The minimum Gasteiger partial charge on any atom is -0.371 e. The third-order valence-electron chi connectivity index (χ3n) is 3.68. The van der Waals surface area contributed by atoms with E-state index in [0.717, 1.165) is 37.3 Å². The zero-order chi connectivity index (χ0) is 19.7. The lowest BCUT2D eigenvalue weighted by molar-refractivity contribution is 0.00279. The molecule has 1 aromatic carbocycles. The molecule has 0 heterocycles. The molecule has 0 spiro atoms. The number of unbranched alkanes of at least 4 members (excludes halogenated alkanes) is 2. The van der Waals surface area contributed by atoms with Crippen molar-refractivity contribution in [2.75, 3.05) is 0 Å². The molecule has 1 aromatic rings. The number of rotatable bonds is 12. The lowest BCUT2D eigenvalue weighted by atomic mass is 10.1. The second-order valence-corrected chi connectivity index (χ2v) is 10.1. The molecule has 3 nitrogen and oxygen atoms in total. The van der Waals surface area contributed by atoms with E-state index in [1.54, 1.807) is 6.07 Å². The van der Waals surface area contributed by atoms with Crippen molar-refractivity contribution in [2.24, 2.45) is 0 Å². The molecule has 0 amide bonds. The van der Waals surface area contributed by atoms with Crippen molar-refractivity contribution in [2.45, 2.75) is 91.6 Å². The van der Waals surface area contributed by atoms with Gasteiger partial charge in [-0.15, -0.1) is 0 Å². The second kappa shape index (κ2) is 11.1. The molecule has 0 aromatic heterocycles. The summed E-state index contributed by atoms with van der Waals surface area (Å²) in [5, 5.41) is 0. The molecule has 0 bridgehead atoms. The molecule has 0 saturated heterocycles. The Balaban J connectivity index is 2.57. The molecule has 0 saturated carbocycles. The first kappa shape index (κ1) is 23.2. The van der Waals surface area contributed by atoms with Crippen molar-refractivity contribution in [3.63, 3.8) is 0 Å². The zero-order valence-electron chi connectivity index (χ0n) is 17.0. The van der Waals surface area contributed by atoms with Gasteiger partial charge in [-0.1, -0.05) is 12.5 Å². The third-order valence-corrected chi connectivity index (χ3v) is 7.14. The minimum atomic E-state index is -2.74. The van der Waals surface area contributed by atoms with Crippen LogP contribution in [0.4, 0.5) is 8.78 Å². The highest BCUT2D eigenvalue weighted by molar-refractivity contribution is 6.60. The Morgan fingerprint density at radius 3 is 1.77 bits per heavy atom. The van der Waals surface area contributed by atoms with Gasteiger partial charge < -0.3 is 13.3 Å². The van der Waals surface area contributed by atoms with E-state index < -0.39 is 20.4 Å². The first-order chi connectivity index (χ1) is 12.1. The topological polar surface area (TPSA) is 27.7 Å². The van der Waals surface area contributed by atoms with Gasteiger partial charge in [0.05, 0.1) is 0 Å². The van der Waals surface area contributed by atoms with Crippen molar-refractivity contribution < 1.29 is 22.1 Å². The molecule has 0 aliphatic carbocycles. The van der Waals surface area contributed by atoms with Crippen LogP contribution in [0.25, 0.3) is 0 Å². The molecule has 0 N–H and O–H groups in total. The Hall–Kier alpha value is -0.823. The SMILES string of the molecule is CC(C)O[Si](CCCCCc1ccc(F)c(F)c1)(OC(C)C)OC(C)C. The minimum absolute atomic E-state index is 0.0429. The van der Waals surface area contributed by atoms with Gasteiger partial charge in [0.25, 0.3) is 0 Å². The first-order valence-corrected chi connectivity index (χ1v) is 11.5. The summed E-state index contributed by atoms with van der Waals surface area (Å²) >= 11 is 0. The highest BCUT2D eigenvalue weighted by atomic mass is 28.4. The van der Waals surface area contributed by atoms with Crippen molar-refractivity contribution in [3.8, 4) is 0 Å². The summed E-state index contributed by atoms with van der Waals surface area (Å²) in [6.45, 7) is 12.0. The molecule has 26 heavy (non-hydrogen) atoms. The van der Waals surface area contributed by atoms with E-state index in [4.69, 9.17) is 13.3 Å². The van der Waals surface area contributed by atoms with Crippen LogP contribution in [-0.4, -0.2) is 27.1 Å². The fraction of sp³-hybridized carbons (Fsp3) is 0.700. The van der Waals surface area contributed by atoms with Crippen molar-refractivity contribution >= 4 is 8.80 Å². The average molecular weight is 389 g/mol. The van der Waals surface area contributed by atoms with Crippen LogP contribution in [0.1, 0.15) is 66.4 Å². The molecular formula is C20H34F2O3Si. The maximum atomic E-state index is 13.3. The lowest BCUT2D eigenvalue weighted by Crippen LogP contribution is -2.50. The van der Waals surface area contributed by atoms with Gasteiger partial charge in [0.2, 0.25) is 0 Å². The van der Waals surface area contributed by atoms with E-state index in [1.807, 2.05) is 41.5 Å². The summed E-state index contributed by atoms with van der Waals surface area (Å²) in [7, 11) is -2.74. The van der Waals surface area contributed by atoms with Gasteiger partial charge in [-0.2, -0.15) is 0 Å². The van der Waals surface area contributed by atoms with Crippen LogP contribution in [0.5, 0.6) is 0 Å². The molecule has 0 radical (unpaired) electrons. The fourth-order valence-corrected chi connectivity index (χ4v) is 6.24. The molecule has 6 heteroatoms. The molecule has 0 atom stereocenters. The van der Waals surface area contributed by atoms with Crippen LogP contribution in [0.2, 0.25) is 6.04 Å².